The zero-order chi connectivity index (χ0) is 22.5. The van der Waals surface area contributed by atoms with Crippen LogP contribution in [-0.4, -0.2) is 51.7 Å². The van der Waals surface area contributed by atoms with Gasteiger partial charge in [-0.15, -0.1) is 0 Å². The van der Waals surface area contributed by atoms with Gasteiger partial charge in [0.05, 0.1) is 34.0 Å². The van der Waals surface area contributed by atoms with E-state index in [1.807, 2.05) is 6.92 Å². The highest BCUT2D eigenvalue weighted by atomic mass is 16.5. The number of nitrogens with zero attached hydrogens (tertiary/aromatic N) is 1. The maximum atomic E-state index is 13.1. The highest BCUT2D eigenvalue weighted by molar-refractivity contribution is 6.36. The molecular formula is C23H26N2O6. The molecule has 2 amide bonds. The third-order valence-corrected chi connectivity index (χ3v) is 4.93. The summed E-state index contributed by atoms with van der Waals surface area (Å²) in [6.07, 6.45) is 0.658. The Morgan fingerprint density at radius 1 is 0.839 bits per heavy atom. The molecule has 31 heavy (non-hydrogen) atoms. The second kappa shape index (κ2) is 9.42. The van der Waals surface area contributed by atoms with Crippen LogP contribution < -0.4 is 24.3 Å². The first-order valence-electron chi connectivity index (χ1n) is 9.80. The molecule has 1 N–H and O–H groups in total. The van der Waals surface area contributed by atoms with E-state index < -0.39 is 0 Å². The van der Waals surface area contributed by atoms with Crippen molar-refractivity contribution in [1.82, 2.24) is 4.90 Å². The van der Waals surface area contributed by atoms with Crippen molar-refractivity contribution in [2.24, 2.45) is 0 Å². The van der Waals surface area contributed by atoms with Crippen molar-refractivity contribution in [3.8, 4) is 23.0 Å². The molecule has 0 aromatic heterocycles. The van der Waals surface area contributed by atoms with Gasteiger partial charge in [0.15, 0.2) is 11.5 Å². The number of anilines is 1. The molecule has 8 nitrogen and oxygen atoms in total. The number of benzene rings is 2. The number of hydrogen-bond donors (Lipinski definition) is 1. The van der Waals surface area contributed by atoms with Crippen LogP contribution in [0.2, 0.25) is 0 Å². The fourth-order valence-electron chi connectivity index (χ4n) is 3.44. The van der Waals surface area contributed by atoms with Crippen molar-refractivity contribution in [2.45, 2.75) is 13.3 Å². The van der Waals surface area contributed by atoms with Gasteiger partial charge >= 0.3 is 0 Å². The van der Waals surface area contributed by atoms with E-state index in [0.29, 0.717) is 52.8 Å². The Morgan fingerprint density at radius 3 is 1.94 bits per heavy atom. The van der Waals surface area contributed by atoms with Crippen LogP contribution in [0.15, 0.2) is 42.1 Å². The minimum atomic E-state index is -0.383. The maximum Gasteiger partial charge on any atom is 0.278 e. The van der Waals surface area contributed by atoms with E-state index >= 15 is 0 Å². The highest BCUT2D eigenvalue weighted by Crippen LogP contribution is 2.41. The van der Waals surface area contributed by atoms with Crippen LogP contribution in [0.25, 0.3) is 5.57 Å². The molecular weight excluding hydrogens is 400 g/mol. The lowest BCUT2D eigenvalue weighted by Crippen LogP contribution is -2.33. The number of rotatable bonds is 9. The third-order valence-electron chi connectivity index (χ3n) is 4.93. The molecule has 2 aromatic carbocycles. The first-order chi connectivity index (χ1) is 15.0. The highest BCUT2D eigenvalue weighted by Gasteiger charge is 2.38. The largest absolute Gasteiger partial charge is 0.497 e. The molecule has 0 saturated carbocycles. The van der Waals surface area contributed by atoms with Crippen LogP contribution >= 0.6 is 0 Å². The molecule has 3 rings (SSSR count). The third kappa shape index (κ3) is 4.14. The summed E-state index contributed by atoms with van der Waals surface area (Å²) in [5.74, 6) is 1.22. The Bertz CT molecular complexity index is 988. The van der Waals surface area contributed by atoms with Gasteiger partial charge in [-0.25, -0.2) is 0 Å². The van der Waals surface area contributed by atoms with Gasteiger partial charge in [0.1, 0.15) is 11.4 Å². The fraction of sp³-hybridized carbons (Fsp3) is 0.304. The van der Waals surface area contributed by atoms with Crippen LogP contribution in [0, 0.1) is 0 Å². The number of ether oxygens (including phenoxy) is 4. The topological polar surface area (TPSA) is 86.3 Å². The number of carbonyl (C=O) groups is 2. The average molecular weight is 426 g/mol. The molecule has 1 aliphatic heterocycles. The number of nitrogens with one attached hydrogen (secondary N) is 1. The van der Waals surface area contributed by atoms with Gasteiger partial charge in [-0.2, -0.15) is 0 Å². The van der Waals surface area contributed by atoms with E-state index in [9.17, 15) is 9.59 Å². The average Bonchev–Trinajstić information content (AvgIpc) is 3.02. The smallest absolute Gasteiger partial charge is 0.278 e. The quantitative estimate of drug-likeness (QED) is 0.616. The number of imide groups is 1. The number of methoxy groups -OCH3 is 4. The first kappa shape index (κ1) is 22.0. The summed E-state index contributed by atoms with van der Waals surface area (Å²) in [6, 6.07) is 10.4. The van der Waals surface area contributed by atoms with Crippen LogP contribution in [0.5, 0.6) is 23.0 Å². The second-order valence-corrected chi connectivity index (χ2v) is 6.78. The zero-order valence-electron chi connectivity index (χ0n) is 18.3. The molecule has 8 heteroatoms. The second-order valence-electron chi connectivity index (χ2n) is 6.78. The summed E-state index contributed by atoms with van der Waals surface area (Å²) in [5.41, 5.74) is 1.63. The van der Waals surface area contributed by atoms with Gasteiger partial charge in [0.25, 0.3) is 11.8 Å². The van der Waals surface area contributed by atoms with E-state index in [1.54, 1.807) is 43.5 Å². The van der Waals surface area contributed by atoms with Crippen molar-refractivity contribution in [3.63, 3.8) is 0 Å². The van der Waals surface area contributed by atoms with Gasteiger partial charge in [0.2, 0.25) is 5.75 Å². The van der Waals surface area contributed by atoms with E-state index in [1.165, 1.54) is 26.2 Å². The monoisotopic (exact) mass is 426 g/mol. The zero-order valence-corrected chi connectivity index (χ0v) is 18.3. The molecule has 0 atom stereocenters. The number of amides is 2. The van der Waals surface area contributed by atoms with Gasteiger partial charge in [-0.1, -0.05) is 19.1 Å². The van der Waals surface area contributed by atoms with E-state index in [2.05, 4.69) is 5.32 Å². The maximum absolute atomic E-state index is 13.1. The van der Waals surface area contributed by atoms with Gasteiger partial charge < -0.3 is 24.3 Å². The van der Waals surface area contributed by atoms with Crippen molar-refractivity contribution in [1.29, 1.82) is 0 Å². The Morgan fingerprint density at radius 2 is 1.45 bits per heavy atom. The van der Waals surface area contributed by atoms with Crippen molar-refractivity contribution < 1.29 is 28.5 Å². The summed E-state index contributed by atoms with van der Waals surface area (Å²) in [5, 5.41) is 3.11. The first-order valence-corrected chi connectivity index (χ1v) is 9.80. The molecule has 2 aromatic rings. The SMILES string of the molecule is CCCN1C(=O)C(Nc2cc(OC)c(OC)c(OC)c2)=C(c2ccc(OC)cc2)C1=O. The van der Waals surface area contributed by atoms with E-state index in [4.69, 9.17) is 18.9 Å². The minimum Gasteiger partial charge on any atom is -0.497 e. The molecule has 0 fully saturated rings. The predicted octanol–water partition coefficient (Wildman–Crippen LogP) is 3.32. The Hall–Kier alpha value is -3.68. The van der Waals surface area contributed by atoms with Gasteiger partial charge in [-0.3, -0.25) is 14.5 Å². The summed E-state index contributed by atoms with van der Waals surface area (Å²) in [6.45, 7) is 2.25. The molecule has 0 radical (unpaired) electrons. The molecule has 0 unspecified atom stereocenters. The summed E-state index contributed by atoms with van der Waals surface area (Å²) < 4.78 is 21.3. The van der Waals surface area contributed by atoms with Gasteiger partial charge in [0, 0.05) is 24.4 Å². The molecule has 164 valence electrons. The summed E-state index contributed by atoms with van der Waals surface area (Å²) in [7, 11) is 6.10. The lowest BCUT2D eigenvalue weighted by atomic mass is 10.0. The Labute approximate surface area is 181 Å². The van der Waals surface area contributed by atoms with Gasteiger partial charge in [-0.05, 0) is 24.1 Å². The predicted molar refractivity (Wildman–Crippen MR) is 117 cm³/mol. The van der Waals surface area contributed by atoms with Crippen LogP contribution in [0.1, 0.15) is 18.9 Å². The number of hydrogen-bond acceptors (Lipinski definition) is 7. The molecule has 0 spiro atoms. The standard InChI is InChI=1S/C23H26N2O6/c1-6-11-25-22(26)19(14-7-9-16(28-2)10-8-14)20(23(25)27)24-15-12-17(29-3)21(31-5)18(13-15)30-4/h7-10,12-13,24H,6,11H2,1-5H3. The normalized spacial score (nSPS) is 13.5. The number of carbonyl (C=O) groups excluding carboxylic acids is 2. The van der Waals surface area contributed by atoms with Crippen molar-refractivity contribution >= 4 is 23.1 Å². The molecule has 0 saturated heterocycles. The molecule has 0 bridgehead atoms. The van der Waals surface area contributed by atoms with Crippen molar-refractivity contribution in [3.05, 3.63) is 47.7 Å². The van der Waals surface area contributed by atoms with E-state index in [-0.39, 0.29) is 17.5 Å². The van der Waals surface area contributed by atoms with Crippen LogP contribution in [-0.2, 0) is 9.59 Å². The fourth-order valence-corrected chi connectivity index (χ4v) is 3.44. The van der Waals surface area contributed by atoms with Crippen LogP contribution in [0.4, 0.5) is 5.69 Å². The van der Waals surface area contributed by atoms with Crippen LogP contribution in [0.3, 0.4) is 0 Å². The Kier molecular flexibility index (Phi) is 6.69. The minimum absolute atomic E-state index is 0.192. The summed E-state index contributed by atoms with van der Waals surface area (Å²) >= 11 is 0. The molecule has 0 aliphatic carbocycles. The van der Waals surface area contributed by atoms with Crippen molar-refractivity contribution in [2.75, 3.05) is 40.3 Å². The molecule has 1 aliphatic rings. The van der Waals surface area contributed by atoms with E-state index in [0.717, 1.165) is 0 Å². The molecule has 1 heterocycles. The lowest BCUT2D eigenvalue weighted by Gasteiger charge is -2.16. The summed E-state index contributed by atoms with van der Waals surface area (Å²) in [4.78, 5) is 27.5. The lowest BCUT2D eigenvalue weighted by molar-refractivity contribution is -0.136. The Balaban J connectivity index is 2.10.